The maximum atomic E-state index is 10.5. The van der Waals surface area contributed by atoms with Gasteiger partial charge in [-0.2, -0.15) is 0 Å². The minimum atomic E-state index is -0.474. The summed E-state index contributed by atoms with van der Waals surface area (Å²) in [4.78, 5) is 16.2. The summed E-state index contributed by atoms with van der Waals surface area (Å²) in [5, 5.41) is 9.59. The molecule has 5 nitrogen and oxygen atoms in total. The van der Waals surface area contributed by atoms with Crippen LogP contribution in [-0.2, 0) is 0 Å². The maximum absolute atomic E-state index is 10.5. The smallest absolute Gasteiger partial charge is 0.290 e. The highest BCUT2D eigenvalue weighted by molar-refractivity contribution is 5.30. The monoisotopic (exact) mass is 141 g/mol. The number of hydroxylamine groups is 1. The number of nitrogens with one attached hydrogen (secondary N) is 1. The Hall–Kier alpha value is -1.36. The van der Waals surface area contributed by atoms with Gasteiger partial charge in [-0.15, -0.1) is 0 Å². The molecule has 0 saturated carbocycles. The lowest BCUT2D eigenvalue weighted by atomic mass is 10.6. The highest BCUT2D eigenvalue weighted by Gasteiger charge is 1.94. The van der Waals surface area contributed by atoms with Gasteiger partial charge in [-0.1, -0.05) is 0 Å². The molecule has 5 heteroatoms. The van der Waals surface area contributed by atoms with Crippen LogP contribution in [0.3, 0.4) is 0 Å². The van der Waals surface area contributed by atoms with E-state index in [2.05, 4.69) is 9.97 Å². The first-order chi connectivity index (χ1) is 4.70. The van der Waals surface area contributed by atoms with Crippen molar-refractivity contribution in [3.8, 4) is 0 Å². The molecule has 10 heavy (non-hydrogen) atoms. The summed E-state index contributed by atoms with van der Waals surface area (Å²) < 4.78 is 0. The van der Waals surface area contributed by atoms with Crippen molar-refractivity contribution in [1.29, 1.82) is 0 Å². The molecule has 1 aromatic heterocycles. The molecule has 0 unspecified atom stereocenters. The van der Waals surface area contributed by atoms with Crippen LogP contribution in [0.4, 0.5) is 5.82 Å². The Morgan fingerprint density at radius 1 is 1.80 bits per heavy atom. The minimum Gasteiger partial charge on any atom is -0.290 e. The molecular formula is C5H7N3O2. The molecule has 0 bridgehead atoms. The fourth-order valence-corrected chi connectivity index (χ4v) is 0.548. The van der Waals surface area contributed by atoms with Crippen LogP contribution in [0.25, 0.3) is 0 Å². The molecule has 0 spiro atoms. The van der Waals surface area contributed by atoms with Gasteiger partial charge in [0.05, 0.1) is 0 Å². The van der Waals surface area contributed by atoms with E-state index in [9.17, 15) is 4.79 Å². The van der Waals surface area contributed by atoms with Gasteiger partial charge in [0.25, 0.3) is 0 Å². The Bertz CT molecular complexity index is 268. The van der Waals surface area contributed by atoms with E-state index in [1.165, 1.54) is 19.3 Å². The van der Waals surface area contributed by atoms with Gasteiger partial charge in [0.1, 0.15) is 5.82 Å². The second-order valence-corrected chi connectivity index (χ2v) is 1.78. The molecule has 0 radical (unpaired) electrons. The van der Waals surface area contributed by atoms with Crippen molar-refractivity contribution in [2.45, 2.75) is 0 Å². The van der Waals surface area contributed by atoms with Gasteiger partial charge in [0.2, 0.25) is 0 Å². The summed E-state index contributed by atoms with van der Waals surface area (Å²) >= 11 is 0. The average molecular weight is 141 g/mol. The molecule has 1 heterocycles. The molecule has 0 aliphatic heterocycles. The van der Waals surface area contributed by atoms with Crippen molar-refractivity contribution in [2.24, 2.45) is 0 Å². The van der Waals surface area contributed by atoms with Crippen molar-refractivity contribution < 1.29 is 5.21 Å². The van der Waals surface area contributed by atoms with Crippen LogP contribution >= 0.6 is 0 Å². The van der Waals surface area contributed by atoms with Crippen LogP contribution < -0.4 is 10.8 Å². The number of hydrogen-bond donors (Lipinski definition) is 2. The van der Waals surface area contributed by atoms with E-state index < -0.39 is 5.69 Å². The fraction of sp³-hybridized carbons (Fsp3) is 0.200. The zero-order valence-corrected chi connectivity index (χ0v) is 5.40. The summed E-state index contributed by atoms with van der Waals surface area (Å²) in [6, 6.07) is 1.49. The molecule has 54 valence electrons. The Balaban J connectivity index is 3.07. The van der Waals surface area contributed by atoms with Crippen molar-refractivity contribution in [3.05, 3.63) is 22.7 Å². The molecular weight excluding hydrogens is 134 g/mol. The van der Waals surface area contributed by atoms with Gasteiger partial charge in [-0.25, -0.2) is 14.8 Å². The van der Waals surface area contributed by atoms with Gasteiger partial charge in [0, 0.05) is 13.2 Å². The first-order valence-corrected chi connectivity index (χ1v) is 2.68. The Kier molecular flexibility index (Phi) is 1.68. The third-order valence-corrected chi connectivity index (χ3v) is 1.01. The van der Waals surface area contributed by atoms with Gasteiger partial charge in [-0.3, -0.25) is 10.2 Å². The standard InChI is InChI=1S/C5H7N3O2/c1-8(10)4-2-3-6-5(9)7-4/h2-3,10H,1H3,(H,6,7,9). The highest BCUT2D eigenvalue weighted by atomic mass is 16.5. The largest absolute Gasteiger partial charge is 0.346 e. The number of anilines is 1. The Morgan fingerprint density at radius 3 is 2.90 bits per heavy atom. The summed E-state index contributed by atoms with van der Waals surface area (Å²) in [5.41, 5.74) is -0.474. The zero-order valence-electron chi connectivity index (χ0n) is 5.40. The number of hydrogen-bond acceptors (Lipinski definition) is 4. The lowest BCUT2D eigenvalue weighted by Crippen LogP contribution is -2.18. The Morgan fingerprint density at radius 2 is 2.50 bits per heavy atom. The van der Waals surface area contributed by atoms with E-state index in [0.29, 0.717) is 5.82 Å². The van der Waals surface area contributed by atoms with Crippen LogP contribution in [0.2, 0.25) is 0 Å². The van der Waals surface area contributed by atoms with Crippen LogP contribution in [0.1, 0.15) is 0 Å². The molecule has 1 rings (SSSR count). The molecule has 0 saturated heterocycles. The van der Waals surface area contributed by atoms with Crippen molar-refractivity contribution >= 4 is 5.82 Å². The third-order valence-electron chi connectivity index (χ3n) is 1.01. The predicted molar refractivity (Wildman–Crippen MR) is 35.0 cm³/mol. The van der Waals surface area contributed by atoms with E-state index >= 15 is 0 Å². The van der Waals surface area contributed by atoms with E-state index in [0.717, 1.165) is 5.06 Å². The zero-order chi connectivity index (χ0) is 7.56. The van der Waals surface area contributed by atoms with Crippen molar-refractivity contribution in [1.82, 2.24) is 9.97 Å². The summed E-state index contributed by atoms with van der Waals surface area (Å²) in [6.45, 7) is 0. The molecule has 0 aliphatic carbocycles. The van der Waals surface area contributed by atoms with E-state index in [1.54, 1.807) is 0 Å². The van der Waals surface area contributed by atoms with Crippen LogP contribution in [0.5, 0.6) is 0 Å². The SMILES string of the molecule is CN(O)c1ccnc(=O)[nH]1. The normalized spacial score (nSPS) is 9.40. The first-order valence-electron chi connectivity index (χ1n) is 2.68. The van der Waals surface area contributed by atoms with Crippen LogP contribution in [0, 0.1) is 0 Å². The van der Waals surface area contributed by atoms with Gasteiger partial charge in [0.15, 0.2) is 0 Å². The number of aromatic amines is 1. The summed E-state index contributed by atoms with van der Waals surface area (Å²) in [7, 11) is 1.41. The van der Waals surface area contributed by atoms with E-state index in [1.807, 2.05) is 0 Å². The molecule has 1 aromatic rings. The highest BCUT2D eigenvalue weighted by Crippen LogP contribution is 1.98. The lowest BCUT2D eigenvalue weighted by molar-refractivity contribution is 0.275. The maximum Gasteiger partial charge on any atom is 0.346 e. The molecule has 0 aliphatic rings. The molecule has 0 atom stereocenters. The predicted octanol–water partition coefficient (Wildman–Crippen LogP) is -0.405. The number of nitrogens with zero attached hydrogens (tertiary/aromatic N) is 2. The second-order valence-electron chi connectivity index (χ2n) is 1.78. The quantitative estimate of drug-likeness (QED) is 0.522. The molecule has 0 aromatic carbocycles. The minimum absolute atomic E-state index is 0.319. The molecule has 0 fully saturated rings. The number of H-pyrrole nitrogens is 1. The van der Waals surface area contributed by atoms with Crippen molar-refractivity contribution in [2.75, 3.05) is 12.1 Å². The first kappa shape index (κ1) is 6.76. The van der Waals surface area contributed by atoms with Crippen molar-refractivity contribution in [3.63, 3.8) is 0 Å². The van der Waals surface area contributed by atoms with Gasteiger partial charge < -0.3 is 0 Å². The summed E-state index contributed by atoms with van der Waals surface area (Å²) in [5.74, 6) is 0.319. The second kappa shape index (κ2) is 2.49. The van der Waals surface area contributed by atoms with Crippen LogP contribution in [-0.4, -0.2) is 22.2 Å². The topological polar surface area (TPSA) is 69.2 Å². The average Bonchev–Trinajstić information content (AvgIpc) is 1.88. The fourth-order valence-electron chi connectivity index (χ4n) is 0.548. The molecule has 2 N–H and O–H groups in total. The van der Waals surface area contributed by atoms with E-state index in [4.69, 9.17) is 5.21 Å². The van der Waals surface area contributed by atoms with E-state index in [-0.39, 0.29) is 0 Å². The van der Waals surface area contributed by atoms with Crippen LogP contribution in [0.15, 0.2) is 17.1 Å². The molecule has 0 amide bonds. The number of aromatic nitrogens is 2. The Labute approximate surface area is 56.9 Å². The lowest BCUT2D eigenvalue weighted by Gasteiger charge is -2.07. The van der Waals surface area contributed by atoms with Gasteiger partial charge in [-0.05, 0) is 6.07 Å². The van der Waals surface area contributed by atoms with Gasteiger partial charge >= 0.3 is 5.69 Å². The summed E-state index contributed by atoms with van der Waals surface area (Å²) in [6.07, 6.45) is 1.32. The third kappa shape index (κ3) is 1.32. The number of rotatable bonds is 1.